The van der Waals surface area contributed by atoms with Crippen LogP contribution in [0.1, 0.15) is 24.9 Å². The van der Waals surface area contributed by atoms with Gasteiger partial charge in [-0.15, -0.1) is 6.58 Å². The Kier molecular flexibility index (Phi) is 4.79. The molecule has 0 spiro atoms. The van der Waals surface area contributed by atoms with Gasteiger partial charge in [-0.25, -0.2) is 4.39 Å². The number of rotatable bonds is 5. The van der Waals surface area contributed by atoms with Crippen molar-refractivity contribution in [1.82, 2.24) is 5.32 Å². The first-order chi connectivity index (χ1) is 7.20. The van der Waals surface area contributed by atoms with Gasteiger partial charge in [-0.1, -0.05) is 36.7 Å². The monoisotopic (exact) mass is 227 g/mol. The standard InChI is InChI=1S/C12H15ClFN/c1-3-8-15-11(4-2)9-6-5-7-10(14)12(9)13/h4-7,11,15H,2-3,8H2,1H3. The van der Waals surface area contributed by atoms with Crippen molar-refractivity contribution in [2.75, 3.05) is 6.54 Å². The second-order valence-corrected chi connectivity index (χ2v) is 3.69. The summed E-state index contributed by atoms with van der Waals surface area (Å²) < 4.78 is 13.2. The summed E-state index contributed by atoms with van der Waals surface area (Å²) in [5.41, 5.74) is 0.736. The van der Waals surface area contributed by atoms with Crippen molar-refractivity contribution >= 4 is 11.6 Å². The van der Waals surface area contributed by atoms with Gasteiger partial charge in [0.1, 0.15) is 5.82 Å². The SMILES string of the molecule is C=CC(NCCC)c1cccc(F)c1Cl. The van der Waals surface area contributed by atoms with Gasteiger partial charge in [0.2, 0.25) is 0 Å². The number of benzene rings is 1. The minimum Gasteiger partial charge on any atom is -0.307 e. The second-order valence-electron chi connectivity index (χ2n) is 3.31. The average Bonchev–Trinajstić information content (AvgIpc) is 2.25. The van der Waals surface area contributed by atoms with E-state index in [4.69, 9.17) is 11.6 Å². The van der Waals surface area contributed by atoms with Crippen LogP contribution in [0.15, 0.2) is 30.9 Å². The molecule has 0 saturated carbocycles. The Morgan fingerprint density at radius 1 is 1.60 bits per heavy atom. The third-order valence-electron chi connectivity index (χ3n) is 2.17. The highest BCUT2D eigenvalue weighted by atomic mass is 35.5. The second kappa shape index (κ2) is 5.89. The number of hydrogen-bond donors (Lipinski definition) is 1. The highest BCUT2D eigenvalue weighted by Gasteiger charge is 2.12. The summed E-state index contributed by atoms with van der Waals surface area (Å²) in [6, 6.07) is 4.72. The largest absolute Gasteiger partial charge is 0.307 e. The van der Waals surface area contributed by atoms with E-state index in [-0.39, 0.29) is 16.9 Å². The molecule has 0 saturated heterocycles. The normalized spacial score (nSPS) is 12.5. The average molecular weight is 228 g/mol. The first-order valence-electron chi connectivity index (χ1n) is 5.00. The summed E-state index contributed by atoms with van der Waals surface area (Å²) in [6.07, 6.45) is 2.74. The molecule has 0 aliphatic rings. The molecule has 0 radical (unpaired) electrons. The van der Waals surface area contributed by atoms with Gasteiger partial charge in [0.25, 0.3) is 0 Å². The van der Waals surface area contributed by atoms with Crippen molar-refractivity contribution in [3.8, 4) is 0 Å². The van der Waals surface area contributed by atoms with E-state index >= 15 is 0 Å². The minimum absolute atomic E-state index is 0.0897. The van der Waals surface area contributed by atoms with Gasteiger partial charge in [-0.3, -0.25) is 0 Å². The van der Waals surface area contributed by atoms with Crippen molar-refractivity contribution in [2.24, 2.45) is 0 Å². The number of hydrogen-bond acceptors (Lipinski definition) is 1. The van der Waals surface area contributed by atoms with Gasteiger partial charge in [-0.2, -0.15) is 0 Å². The zero-order chi connectivity index (χ0) is 11.3. The molecule has 1 aromatic rings. The predicted octanol–water partition coefficient (Wildman–Crippen LogP) is 3.71. The molecule has 1 rings (SSSR count). The zero-order valence-corrected chi connectivity index (χ0v) is 9.52. The lowest BCUT2D eigenvalue weighted by molar-refractivity contribution is 0.596. The summed E-state index contributed by atoms with van der Waals surface area (Å²) in [5, 5.41) is 3.41. The molecule has 0 aromatic heterocycles. The van der Waals surface area contributed by atoms with Crippen LogP contribution >= 0.6 is 11.6 Å². The molecule has 0 aliphatic heterocycles. The molecule has 1 nitrogen and oxygen atoms in total. The van der Waals surface area contributed by atoms with E-state index in [0.29, 0.717) is 0 Å². The van der Waals surface area contributed by atoms with E-state index in [1.165, 1.54) is 6.07 Å². The fraction of sp³-hybridized carbons (Fsp3) is 0.333. The molecule has 82 valence electrons. The number of halogens is 2. The maximum Gasteiger partial charge on any atom is 0.142 e. The van der Waals surface area contributed by atoms with Crippen molar-refractivity contribution in [3.63, 3.8) is 0 Å². The highest BCUT2D eigenvalue weighted by Crippen LogP contribution is 2.26. The predicted molar refractivity (Wildman–Crippen MR) is 62.6 cm³/mol. The molecule has 0 aliphatic carbocycles. The summed E-state index contributed by atoms with van der Waals surface area (Å²) in [5.74, 6) is -0.390. The van der Waals surface area contributed by atoms with Gasteiger partial charge in [-0.05, 0) is 24.6 Å². The third-order valence-corrected chi connectivity index (χ3v) is 2.57. The van der Waals surface area contributed by atoms with Crippen LogP contribution in [0.4, 0.5) is 4.39 Å². The van der Waals surface area contributed by atoms with Crippen LogP contribution in [-0.4, -0.2) is 6.54 Å². The summed E-state index contributed by atoms with van der Waals surface area (Å²) >= 11 is 5.88. The van der Waals surface area contributed by atoms with Crippen LogP contribution < -0.4 is 5.32 Å². The fourth-order valence-corrected chi connectivity index (χ4v) is 1.62. The van der Waals surface area contributed by atoms with Crippen LogP contribution in [0.2, 0.25) is 5.02 Å². The molecular formula is C12H15ClFN. The molecule has 0 bridgehead atoms. The van der Waals surface area contributed by atoms with Gasteiger partial charge < -0.3 is 5.32 Å². The highest BCUT2D eigenvalue weighted by molar-refractivity contribution is 6.31. The van der Waals surface area contributed by atoms with Crippen LogP contribution in [0, 0.1) is 5.82 Å². The van der Waals surface area contributed by atoms with Crippen LogP contribution in [0.3, 0.4) is 0 Å². The molecule has 1 unspecified atom stereocenters. The maximum absolute atomic E-state index is 13.2. The Morgan fingerprint density at radius 2 is 2.33 bits per heavy atom. The third kappa shape index (κ3) is 3.05. The first-order valence-corrected chi connectivity index (χ1v) is 5.38. The lowest BCUT2D eigenvalue weighted by atomic mass is 10.1. The number of nitrogens with one attached hydrogen (secondary N) is 1. The summed E-state index contributed by atoms with van der Waals surface area (Å²) in [4.78, 5) is 0. The molecule has 1 atom stereocenters. The van der Waals surface area contributed by atoms with Crippen molar-refractivity contribution in [3.05, 3.63) is 47.3 Å². The topological polar surface area (TPSA) is 12.0 Å². The Hall–Kier alpha value is -0.860. The van der Waals surface area contributed by atoms with Crippen molar-refractivity contribution < 1.29 is 4.39 Å². The van der Waals surface area contributed by atoms with Crippen LogP contribution in [-0.2, 0) is 0 Å². The fourth-order valence-electron chi connectivity index (χ4n) is 1.38. The minimum atomic E-state index is -0.390. The van der Waals surface area contributed by atoms with E-state index in [0.717, 1.165) is 18.5 Å². The molecule has 1 aromatic carbocycles. The van der Waals surface area contributed by atoms with E-state index in [1.54, 1.807) is 18.2 Å². The van der Waals surface area contributed by atoms with E-state index < -0.39 is 0 Å². The van der Waals surface area contributed by atoms with Crippen LogP contribution in [0.5, 0.6) is 0 Å². The van der Waals surface area contributed by atoms with E-state index in [2.05, 4.69) is 18.8 Å². The van der Waals surface area contributed by atoms with Gasteiger partial charge in [0, 0.05) is 0 Å². The molecule has 0 heterocycles. The Bertz CT molecular complexity index is 338. The Balaban J connectivity index is 2.91. The lowest BCUT2D eigenvalue weighted by Gasteiger charge is -2.16. The first kappa shape index (κ1) is 12.2. The smallest absolute Gasteiger partial charge is 0.142 e. The maximum atomic E-state index is 13.2. The molecule has 15 heavy (non-hydrogen) atoms. The van der Waals surface area contributed by atoms with Gasteiger partial charge >= 0.3 is 0 Å². The molecule has 1 N–H and O–H groups in total. The molecule has 0 fully saturated rings. The summed E-state index contributed by atoms with van der Waals surface area (Å²) in [7, 11) is 0. The van der Waals surface area contributed by atoms with E-state index in [9.17, 15) is 4.39 Å². The zero-order valence-electron chi connectivity index (χ0n) is 8.76. The Labute approximate surface area is 95.0 Å². The summed E-state index contributed by atoms with van der Waals surface area (Å²) in [6.45, 7) is 6.64. The van der Waals surface area contributed by atoms with E-state index in [1.807, 2.05) is 0 Å². The quantitative estimate of drug-likeness (QED) is 0.757. The van der Waals surface area contributed by atoms with Crippen LogP contribution in [0.25, 0.3) is 0 Å². The molecular weight excluding hydrogens is 213 g/mol. The molecule has 0 amide bonds. The van der Waals surface area contributed by atoms with Crippen molar-refractivity contribution in [1.29, 1.82) is 0 Å². The van der Waals surface area contributed by atoms with Crippen molar-refractivity contribution in [2.45, 2.75) is 19.4 Å². The van der Waals surface area contributed by atoms with Gasteiger partial charge in [0.15, 0.2) is 0 Å². The Morgan fingerprint density at radius 3 is 2.93 bits per heavy atom. The molecule has 3 heteroatoms. The van der Waals surface area contributed by atoms with Gasteiger partial charge in [0.05, 0.1) is 11.1 Å². The lowest BCUT2D eigenvalue weighted by Crippen LogP contribution is -2.20.